The van der Waals surface area contributed by atoms with Crippen LogP contribution in [0.15, 0.2) is 27.4 Å². The quantitative estimate of drug-likeness (QED) is 0.682. The third-order valence-corrected chi connectivity index (χ3v) is 6.85. The maximum absolute atomic E-state index is 12.7. The lowest BCUT2D eigenvalue weighted by molar-refractivity contribution is -0.135. The molecule has 1 saturated heterocycles. The molecule has 28 heavy (non-hydrogen) atoms. The Morgan fingerprint density at radius 2 is 2.07 bits per heavy atom. The first-order valence-corrected chi connectivity index (χ1v) is 11.2. The van der Waals surface area contributed by atoms with E-state index in [1.165, 1.54) is 6.07 Å². The molecule has 152 valence electrons. The van der Waals surface area contributed by atoms with Crippen molar-refractivity contribution >= 4 is 26.7 Å². The number of aryl methyl sites for hydroxylation is 2. The minimum absolute atomic E-state index is 0.0121. The summed E-state index contributed by atoms with van der Waals surface area (Å²) in [5.74, 6) is 0.353. The minimum Gasteiger partial charge on any atom is -0.483 e. The summed E-state index contributed by atoms with van der Waals surface area (Å²) in [5.41, 5.74) is 1.48. The average Bonchev–Trinajstić information content (AvgIpc) is 2.98. The average molecular weight is 407 g/mol. The second kappa shape index (κ2) is 7.95. The SMILES string of the molecule is CCCN(C(=O)COc1ccc2c(C)cc(=O)oc2c1C)C1CCS(=O)(=O)C1. The predicted octanol–water partition coefficient (Wildman–Crippen LogP) is 2.21. The Morgan fingerprint density at radius 1 is 1.32 bits per heavy atom. The third-order valence-electron chi connectivity index (χ3n) is 5.10. The maximum Gasteiger partial charge on any atom is 0.336 e. The van der Waals surface area contributed by atoms with Gasteiger partial charge in [0.15, 0.2) is 16.4 Å². The number of ether oxygens (including phenoxy) is 1. The van der Waals surface area contributed by atoms with Crippen molar-refractivity contribution in [3.8, 4) is 5.75 Å². The van der Waals surface area contributed by atoms with Gasteiger partial charge in [-0.15, -0.1) is 0 Å². The number of hydrogen-bond donors (Lipinski definition) is 0. The molecule has 3 rings (SSSR count). The van der Waals surface area contributed by atoms with Crippen LogP contribution in [0.1, 0.15) is 30.9 Å². The highest BCUT2D eigenvalue weighted by Crippen LogP contribution is 2.28. The molecular formula is C20H25NO6S. The first kappa shape index (κ1) is 20.4. The lowest BCUT2D eigenvalue weighted by Crippen LogP contribution is -2.44. The number of fused-ring (bicyclic) bond motifs is 1. The van der Waals surface area contributed by atoms with E-state index in [1.807, 2.05) is 13.8 Å². The molecule has 1 aromatic carbocycles. The summed E-state index contributed by atoms with van der Waals surface area (Å²) in [5, 5.41) is 0.819. The van der Waals surface area contributed by atoms with E-state index >= 15 is 0 Å². The van der Waals surface area contributed by atoms with E-state index in [-0.39, 0.29) is 30.1 Å². The molecule has 0 spiro atoms. The van der Waals surface area contributed by atoms with Gasteiger partial charge in [0.25, 0.3) is 5.91 Å². The topological polar surface area (TPSA) is 93.9 Å². The highest BCUT2D eigenvalue weighted by Gasteiger charge is 2.34. The number of carbonyl (C=O) groups is 1. The summed E-state index contributed by atoms with van der Waals surface area (Å²) < 4.78 is 34.6. The molecule has 1 aliphatic heterocycles. The number of rotatable bonds is 6. The van der Waals surface area contributed by atoms with E-state index in [0.29, 0.717) is 29.9 Å². The molecule has 1 atom stereocenters. The summed E-state index contributed by atoms with van der Waals surface area (Å²) in [6.07, 6.45) is 1.20. The number of benzene rings is 1. The molecule has 1 aliphatic rings. The van der Waals surface area contributed by atoms with Crippen LogP contribution >= 0.6 is 0 Å². The Hall–Kier alpha value is -2.35. The molecule has 2 heterocycles. The maximum atomic E-state index is 12.7. The summed E-state index contributed by atoms with van der Waals surface area (Å²) in [7, 11) is -3.08. The molecule has 1 amide bonds. The molecule has 0 aliphatic carbocycles. The summed E-state index contributed by atoms with van der Waals surface area (Å²) in [4.78, 5) is 26.0. The van der Waals surface area contributed by atoms with Crippen molar-refractivity contribution in [1.82, 2.24) is 4.90 Å². The molecule has 1 aromatic heterocycles. The molecule has 0 N–H and O–H groups in total. The normalized spacial score (nSPS) is 18.3. The van der Waals surface area contributed by atoms with E-state index in [9.17, 15) is 18.0 Å². The molecule has 2 aromatic rings. The van der Waals surface area contributed by atoms with E-state index in [4.69, 9.17) is 9.15 Å². The molecule has 1 fully saturated rings. The number of carbonyl (C=O) groups excluding carboxylic acids is 1. The second-order valence-electron chi connectivity index (χ2n) is 7.25. The van der Waals surface area contributed by atoms with Gasteiger partial charge in [-0.2, -0.15) is 0 Å². The van der Waals surface area contributed by atoms with Gasteiger partial charge < -0.3 is 14.1 Å². The zero-order valence-electron chi connectivity index (χ0n) is 16.4. The van der Waals surface area contributed by atoms with Gasteiger partial charge >= 0.3 is 5.63 Å². The first-order chi connectivity index (χ1) is 13.2. The van der Waals surface area contributed by atoms with Crippen molar-refractivity contribution in [2.45, 2.75) is 39.7 Å². The fraction of sp³-hybridized carbons (Fsp3) is 0.500. The molecule has 0 bridgehead atoms. The molecule has 0 radical (unpaired) electrons. The van der Waals surface area contributed by atoms with Crippen molar-refractivity contribution in [3.05, 3.63) is 39.7 Å². The number of amides is 1. The zero-order valence-corrected chi connectivity index (χ0v) is 17.2. The van der Waals surface area contributed by atoms with E-state index < -0.39 is 15.5 Å². The van der Waals surface area contributed by atoms with Gasteiger partial charge in [0.1, 0.15) is 11.3 Å². The van der Waals surface area contributed by atoms with Crippen LogP contribution in [-0.4, -0.2) is 49.9 Å². The van der Waals surface area contributed by atoms with Crippen LogP contribution in [0.25, 0.3) is 11.0 Å². The highest BCUT2D eigenvalue weighted by molar-refractivity contribution is 7.91. The van der Waals surface area contributed by atoms with E-state index in [2.05, 4.69) is 0 Å². The molecule has 0 saturated carbocycles. The van der Waals surface area contributed by atoms with Crippen LogP contribution in [0.3, 0.4) is 0 Å². The van der Waals surface area contributed by atoms with Gasteiger partial charge in [0.2, 0.25) is 0 Å². The molecule has 1 unspecified atom stereocenters. The Labute approximate surface area is 164 Å². The van der Waals surface area contributed by atoms with Gasteiger partial charge in [-0.05, 0) is 44.4 Å². The van der Waals surface area contributed by atoms with Gasteiger partial charge in [0.05, 0.1) is 11.5 Å². The number of sulfone groups is 1. The Balaban J connectivity index is 1.77. The number of nitrogens with zero attached hydrogens (tertiary/aromatic N) is 1. The lowest BCUT2D eigenvalue weighted by atomic mass is 10.1. The van der Waals surface area contributed by atoms with Crippen LogP contribution < -0.4 is 10.4 Å². The van der Waals surface area contributed by atoms with Crippen LogP contribution in [0.5, 0.6) is 5.75 Å². The van der Waals surface area contributed by atoms with Crippen molar-refractivity contribution in [2.75, 3.05) is 24.7 Å². The summed E-state index contributed by atoms with van der Waals surface area (Å²) in [6.45, 7) is 5.85. The monoisotopic (exact) mass is 407 g/mol. The standard InChI is InChI=1S/C20H25NO6S/c1-4-8-21(15-7-9-28(24,25)12-15)18(22)11-26-17-6-5-16-13(2)10-19(23)27-20(16)14(17)3/h5-6,10,15H,4,7-9,11-12H2,1-3H3. The lowest BCUT2D eigenvalue weighted by Gasteiger charge is -2.28. The predicted molar refractivity (Wildman–Crippen MR) is 107 cm³/mol. The summed E-state index contributed by atoms with van der Waals surface area (Å²) >= 11 is 0. The van der Waals surface area contributed by atoms with Crippen LogP contribution in [0.2, 0.25) is 0 Å². The molecular weight excluding hydrogens is 382 g/mol. The first-order valence-electron chi connectivity index (χ1n) is 9.38. The van der Waals surface area contributed by atoms with Gasteiger partial charge in [0, 0.05) is 29.6 Å². The van der Waals surface area contributed by atoms with Gasteiger partial charge in [-0.25, -0.2) is 13.2 Å². The fourth-order valence-electron chi connectivity index (χ4n) is 3.65. The molecule has 7 nitrogen and oxygen atoms in total. The van der Waals surface area contributed by atoms with Crippen LogP contribution in [0, 0.1) is 13.8 Å². The van der Waals surface area contributed by atoms with Crippen LogP contribution in [-0.2, 0) is 14.6 Å². The van der Waals surface area contributed by atoms with Gasteiger partial charge in [-0.1, -0.05) is 6.92 Å². The Kier molecular flexibility index (Phi) is 5.79. The summed E-state index contributed by atoms with van der Waals surface area (Å²) in [6, 6.07) is 4.69. The van der Waals surface area contributed by atoms with E-state index in [0.717, 1.165) is 17.4 Å². The van der Waals surface area contributed by atoms with Crippen molar-refractivity contribution < 1.29 is 22.4 Å². The minimum atomic E-state index is -3.08. The van der Waals surface area contributed by atoms with E-state index in [1.54, 1.807) is 24.0 Å². The van der Waals surface area contributed by atoms with Gasteiger partial charge in [-0.3, -0.25) is 4.79 Å². The third kappa shape index (κ3) is 4.22. The smallest absolute Gasteiger partial charge is 0.336 e. The van der Waals surface area contributed by atoms with Crippen molar-refractivity contribution in [1.29, 1.82) is 0 Å². The second-order valence-corrected chi connectivity index (χ2v) is 9.48. The molecule has 8 heteroatoms. The fourth-order valence-corrected chi connectivity index (χ4v) is 5.38. The highest BCUT2D eigenvalue weighted by atomic mass is 32.2. The number of hydrogen-bond acceptors (Lipinski definition) is 6. The van der Waals surface area contributed by atoms with Crippen molar-refractivity contribution in [2.24, 2.45) is 0 Å². The van der Waals surface area contributed by atoms with Crippen LogP contribution in [0.4, 0.5) is 0 Å². The van der Waals surface area contributed by atoms with Crippen molar-refractivity contribution in [3.63, 3.8) is 0 Å². The Bertz CT molecular complexity index is 1060. The zero-order chi connectivity index (χ0) is 20.5. The largest absolute Gasteiger partial charge is 0.483 e. The Morgan fingerprint density at radius 3 is 2.71 bits per heavy atom.